The Kier molecular flexibility index (Phi) is 8.33. The van der Waals surface area contributed by atoms with Crippen molar-refractivity contribution in [3.8, 4) is 17.2 Å². The summed E-state index contributed by atoms with van der Waals surface area (Å²) < 4.78 is 16.3. The molecule has 2 rings (SSSR count). The number of methoxy groups -OCH3 is 1. The zero-order valence-corrected chi connectivity index (χ0v) is 15.5. The normalized spacial score (nSPS) is 10.2. The van der Waals surface area contributed by atoms with E-state index in [1.54, 1.807) is 7.11 Å². The Hall–Kier alpha value is -2.69. The van der Waals surface area contributed by atoms with Crippen molar-refractivity contribution >= 4 is 5.91 Å². The van der Waals surface area contributed by atoms with Gasteiger partial charge in [-0.1, -0.05) is 19.1 Å². The summed E-state index contributed by atoms with van der Waals surface area (Å²) in [6, 6.07) is 15.4. The quantitative estimate of drug-likeness (QED) is 0.624. The topological polar surface area (TPSA) is 56.8 Å². The van der Waals surface area contributed by atoms with Crippen molar-refractivity contribution < 1.29 is 19.0 Å². The third kappa shape index (κ3) is 7.05. The smallest absolute Gasteiger partial charge is 0.220 e. The van der Waals surface area contributed by atoms with Gasteiger partial charge in [0.15, 0.2) is 0 Å². The Balaban J connectivity index is 1.52. The summed E-state index contributed by atoms with van der Waals surface area (Å²) in [6.07, 6.45) is 2.11. The van der Waals surface area contributed by atoms with E-state index in [9.17, 15) is 4.79 Å². The molecule has 0 aromatic heterocycles. The van der Waals surface area contributed by atoms with Crippen LogP contribution in [0.4, 0.5) is 0 Å². The van der Waals surface area contributed by atoms with Gasteiger partial charge in [0, 0.05) is 6.42 Å². The number of nitrogens with one attached hydrogen (secondary N) is 1. The molecule has 140 valence electrons. The number of carbonyl (C=O) groups excluding carboxylic acids is 1. The van der Waals surface area contributed by atoms with E-state index >= 15 is 0 Å². The van der Waals surface area contributed by atoms with Gasteiger partial charge in [0.05, 0.1) is 20.3 Å². The molecule has 0 radical (unpaired) electrons. The van der Waals surface area contributed by atoms with Crippen LogP contribution >= 0.6 is 0 Å². The van der Waals surface area contributed by atoms with Crippen molar-refractivity contribution in [1.82, 2.24) is 5.32 Å². The molecule has 0 aliphatic carbocycles. The highest BCUT2D eigenvalue weighted by Crippen LogP contribution is 2.17. The molecular formula is C21H27NO4. The number of carbonyl (C=O) groups is 1. The predicted molar refractivity (Wildman–Crippen MR) is 102 cm³/mol. The Morgan fingerprint density at radius 3 is 2.08 bits per heavy atom. The van der Waals surface area contributed by atoms with Crippen molar-refractivity contribution in [3.63, 3.8) is 0 Å². The first-order valence-corrected chi connectivity index (χ1v) is 8.96. The predicted octanol–water partition coefficient (Wildman–Crippen LogP) is 3.61. The minimum Gasteiger partial charge on any atom is -0.497 e. The van der Waals surface area contributed by atoms with Crippen molar-refractivity contribution in [2.75, 3.05) is 26.9 Å². The molecule has 1 amide bonds. The van der Waals surface area contributed by atoms with E-state index in [1.165, 1.54) is 5.56 Å². The van der Waals surface area contributed by atoms with Crippen LogP contribution in [0.25, 0.3) is 0 Å². The van der Waals surface area contributed by atoms with Crippen LogP contribution in [0.15, 0.2) is 48.5 Å². The first-order valence-electron chi connectivity index (χ1n) is 8.96. The van der Waals surface area contributed by atoms with Crippen molar-refractivity contribution in [2.24, 2.45) is 0 Å². The number of benzene rings is 2. The number of hydrogen-bond acceptors (Lipinski definition) is 4. The zero-order chi connectivity index (χ0) is 18.6. The Morgan fingerprint density at radius 2 is 1.46 bits per heavy atom. The molecule has 0 aliphatic rings. The zero-order valence-electron chi connectivity index (χ0n) is 15.5. The summed E-state index contributed by atoms with van der Waals surface area (Å²) in [7, 11) is 1.63. The van der Waals surface area contributed by atoms with Crippen LogP contribution < -0.4 is 19.5 Å². The van der Waals surface area contributed by atoms with Crippen molar-refractivity contribution in [1.29, 1.82) is 0 Å². The van der Waals surface area contributed by atoms with E-state index in [-0.39, 0.29) is 5.91 Å². The molecule has 0 unspecified atom stereocenters. The Labute approximate surface area is 155 Å². The number of amides is 1. The fraction of sp³-hybridized carbons (Fsp3) is 0.381. The van der Waals surface area contributed by atoms with Crippen LogP contribution in [0.5, 0.6) is 17.2 Å². The van der Waals surface area contributed by atoms with Crippen LogP contribution in [0.2, 0.25) is 0 Å². The van der Waals surface area contributed by atoms with E-state index in [1.807, 2.05) is 36.4 Å². The molecule has 5 heteroatoms. The molecule has 0 saturated heterocycles. The van der Waals surface area contributed by atoms with Crippen LogP contribution in [0.3, 0.4) is 0 Å². The minimum absolute atomic E-state index is 0.00765. The largest absolute Gasteiger partial charge is 0.497 e. The molecule has 0 fully saturated rings. The lowest BCUT2D eigenvalue weighted by atomic mass is 10.2. The summed E-state index contributed by atoms with van der Waals surface area (Å²) in [5.74, 6) is 2.39. The van der Waals surface area contributed by atoms with Gasteiger partial charge in [0.25, 0.3) is 0 Å². The maximum atomic E-state index is 11.8. The van der Waals surface area contributed by atoms with E-state index in [2.05, 4.69) is 24.4 Å². The highest BCUT2D eigenvalue weighted by atomic mass is 16.5. The van der Waals surface area contributed by atoms with Gasteiger partial charge < -0.3 is 19.5 Å². The van der Waals surface area contributed by atoms with Gasteiger partial charge in [0.2, 0.25) is 5.91 Å². The second-order valence-corrected chi connectivity index (χ2v) is 5.82. The standard InChI is InChI=1S/C21H27NO4/c1-3-17-6-8-19(9-7-17)26-16-14-22-21(23)5-4-15-25-20-12-10-18(24-2)11-13-20/h6-13H,3-5,14-16H2,1-2H3,(H,22,23). The lowest BCUT2D eigenvalue weighted by Crippen LogP contribution is -2.28. The number of ether oxygens (including phenoxy) is 3. The number of rotatable bonds is 11. The fourth-order valence-electron chi connectivity index (χ4n) is 2.36. The average molecular weight is 357 g/mol. The first-order chi connectivity index (χ1) is 12.7. The van der Waals surface area contributed by atoms with E-state index in [0.29, 0.717) is 32.6 Å². The lowest BCUT2D eigenvalue weighted by Gasteiger charge is -2.09. The highest BCUT2D eigenvalue weighted by molar-refractivity contribution is 5.75. The third-order valence-corrected chi connectivity index (χ3v) is 3.90. The van der Waals surface area contributed by atoms with Gasteiger partial charge in [0.1, 0.15) is 23.9 Å². The molecule has 0 spiro atoms. The highest BCUT2D eigenvalue weighted by Gasteiger charge is 2.02. The molecule has 0 heterocycles. The monoisotopic (exact) mass is 357 g/mol. The van der Waals surface area contributed by atoms with E-state index in [0.717, 1.165) is 23.7 Å². The second kappa shape index (κ2) is 11.0. The molecule has 0 aliphatic heterocycles. The fourth-order valence-corrected chi connectivity index (χ4v) is 2.36. The maximum Gasteiger partial charge on any atom is 0.220 e. The molecule has 0 atom stereocenters. The lowest BCUT2D eigenvalue weighted by molar-refractivity contribution is -0.121. The second-order valence-electron chi connectivity index (χ2n) is 5.82. The molecular weight excluding hydrogens is 330 g/mol. The van der Waals surface area contributed by atoms with Gasteiger partial charge in [-0.15, -0.1) is 0 Å². The van der Waals surface area contributed by atoms with Crippen molar-refractivity contribution in [2.45, 2.75) is 26.2 Å². The molecule has 0 bridgehead atoms. The number of hydrogen-bond donors (Lipinski definition) is 1. The van der Waals surface area contributed by atoms with Crippen LogP contribution in [-0.4, -0.2) is 32.8 Å². The first kappa shape index (κ1) is 19.6. The summed E-state index contributed by atoms with van der Waals surface area (Å²) >= 11 is 0. The minimum atomic E-state index is 0.00765. The summed E-state index contributed by atoms with van der Waals surface area (Å²) in [6.45, 7) is 3.57. The van der Waals surface area contributed by atoms with Gasteiger partial charge in [-0.3, -0.25) is 4.79 Å². The SMILES string of the molecule is CCc1ccc(OCCNC(=O)CCCOc2ccc(OC)cc2)cc1. The third-order valence-electron chi connectivity index (χ3n) is 3.90. The van der Waals surface area contributed by atoms with Gasteiger partial charge in [-0.25, -0.2) is 0 Å². The van der Waals surface area contributed by atoms with Crippen molar-refractivity contribution in [3.05, 3.63) is 54.1 Å². The molecule has 0 saturated carbocycles. The maximum absolute atomic E-state index is 11.8. The summed E-state index contributed by atoms with van der Waals surface area (Å²) in [5, 5.41) is 2.85. The van der Waals surface area contributed by atoms with Crippen LogP contribution in [0, 0.1) is 0 Å². The Bertz CT molecular complexity index is 595. The molecule has 2 aromatic carbocycles. The number of aryl methyl sites for hydroxylation is 1. The average Bonchev–Trinajstić information content (AvgIpc) is 2.69. The van der Waals surface area contributed by atoms with Crippen LogP contribution in [-0.2, 0) is 11.2 Å². The van der Waals surface area contributed by atoms with Gasteiger partial charge >= 0.3 is 0 Å². The van der Waals surface area contributed by atoms with E-state index in [4.69, 9.17) is 14.2 Å². The Morgan fingerprint density at radius 1 is 0.885 bits per heavy atom. The van der Waals surface area contributed by atoms with E-state index < -0.39 is 0 Å². The van der Waals surface area contributed by atoms with Gasteiger partial charge in [-0.05, 0) is 54.8 Å². The summed E-state index contributed by atoms with van der Waals surface area (Å²) in [4.78, 5) is 11.8. The summed E-state index contributed by atoms with van der Waals surface area (Å²) in [5.41, 5.74) is 1.28. The molecule has 2 aromatic rings. The molecule has 1 N–H and O–H groups in total. The van der Waals surface area contributed by atoms with Gasteiger partial charge in [-0.2, -0.15) is 0 Å². The van der Waals surface area contributed by atoms with Crippen LogP contribution in [0.1, 0.15) is 25.3 Å². The molecule has 5 nitrogen and oxygen atoms in total. The molecule has 26 heavy (non-hydrogen) atoms.